The third-order valence-corrected chi connectivity index (χ3v) is 2.03. The molecular formula is C11H17NO2. The molecule has 1 aromatic carbocycles. The SMILES string of the molecule is CC(C)[C@@H](CO)ONc1ccccc1. The molecule has 0 aliphatic heterocycles. The fourth-order valence-corrected chi connectivity index (χ4v) is 1.03. The van der Waals surface area contributed by atoms with Crippen molar-refractivity contribution in [2.45, 2.75) is 20.0 Å². The molecule has 0 heterocycles. The van der Waals surface area contributed by atoms with Crippen LogP contribution >= 0.6 is 0 Å². The number of nitrogens with one attached hydrogen (secondary N) is 1. The summed E-state index contributed by atoms with van der Waals surface area (Å²) >= 11 is 0. The summed E-state index contributed by atoms with van der Waals surface area (Å²) < 4.78 is 0. The molecule has 0 saturated carbocycles. The molecule has 14 heavy (non-hydrogen) atoms. The van der Waals surface area contributed by atoms with E-state index in [2.05, 4.69) is 5.48 Å². The highest BCUT2D eigenvalue weighted by Gasteiger charge is 2.12. The van der Waals surface area contributed by atoms with Gasteiger partial charge in [-0.05, 0) is 18.1 Å². The summed E-state index contributed by atoms with van der Waals surface area (Å²) in [5.74, 6) is 0.288. The van der Waals surface area contributed by atoms with Gasteiger partial charge in [-0.15, -0.1) is 0 Å². The number of anilines is 1. The van der Waals surface area contributed by atoms with Gasteiger partial charge in [0.05, 0.1) is 12.3 Å². The average Bonchev–Trinajstić information content (AvgIpc) is 2.20. The fraction of sp³-hybridized carbons (Fsp3) is 0.455. The van der Waals surface area contributed by atoms with Gasteiger partial charge in [0, 0.05) is 0 Å². The number of rotatable bonds is 5. The molecule has 0 fully saturated rings. The fourth-order valence-electron chi connectivity index (χ4n) is 1.03. The van der Waals surface area contributed by atoms with Crippen LogP contribution in [-0.4, -0.2) is 17.8 Å². The van der Waals surface area contributed by atoms with Crippen LogP contribution in [0, 0.1) is 5.92 Å². The van der Waals surface area contributed by atoms with Crippen molar-refractivity contribution < 1.29 is 9.94 Å². The zero-order valence-corrected chi connectivity index (χ0v) is 8.60. The third-order valence-electron chi connectivity index (χ3n) is 2.03. The minimum Gasteiger partial charge on any atom is -0.394 e. The van der Waals surface area contributed by atoms with Crippen molar-refractivity contribution >= 4 is 5.69 Å². The highest BCUT2D eigenvalue weighted by atomic mass is 16.7. The first-order chi connectivity index (χ1) is 6.74. The second kappa shape index (κ2) is 5.62. The Morgan fingerprint density at radius 3 is 2.43 bits per heavy atom. The van der Waals surface area contributed by atoms with E-state index in [-0.39, 0.29) is 18.6 Å². The van der Waals surface area contributed by atoms with Crippen LogP contribution in [-0.2, 0) is 4.84 Å². The van der Waals surface area contributed by atoms with Gasteiger partial charge in [0.25, 0.3) is 0 Å². The Morgan fingerprint density at radius 2 is 1.93 bits per heavy atom. The number of para-hydroxylation sites is 1. The predicted octanol–water partition coefficient (Wildman–Crippen LogP) is 2.05. The van der Waals surface area contributed by atoms with E-state index >= 15 is 0 Å². The van der Waals surface area contributed by atoms with Gasteiger partial charge in [-0.2, -0.15) is 0 Å². The van der Waals surface area contributed by atoms with Gasteiger partial charge in [-0.3, -0.25) is 10.3 Å². The lowest BCUT2D eigenvalue weighted by molar-refractivity contribution is 0.0165. The van der Waals surface area contributed by atoms with Crippen molar-refractivity contribution in [3.05, 3.63) is 30.3 Å². The molecule has 1 atom stereocenters. The molecule has 3 heteroatoms. The van der Waals surface area contributed by atoms with Crippen molar-refractivity contribution in [3.8, 4) is 0 Å². The zero-order valence-electron chi connectivity index (χ0n) is 8.60. The summed E-state index contributed by atoms with van der Waals surface area (Å²) in [6.07, 6.45) is -0.171. The first-order valence-electron chi connectivity index (χ1n) is 4.81. The molecule has 0 radical (unpaired) electrons. The molecule has 0 aliphatic carbocycles. The van der Waals surface area contributed by atoms with Crippen molar-refractivity contribution in [2.24, 2.45) is 5.92 Å². The topological polar surface area (TPSA) is 41.5 Å². The zero-order chi connectivity index (χ0) is 10.4. The number of benzene rings is 1. The van der Waals surface area contributed by atoms with Gasteiger partial charge < -0.3 is 5.11 Å². The predicted molar refractivity (Wildman–Crippen MR) is 56.9 cm³/mol. The Hall–Kier alpha value is -1.06. The maximum absolute atomic E-state index is 9.01. The van der Waals surface area contributed by atoms with Gasteiger partial charge in [0.15, 0.2) is 0 Å². The minimum absolute atomic E-state index is 0.0253. The first-order valence-corrected chi connectivity index (χ1v) is 4.81. The lowest BCUT2D eigenvalue weighted by atomic mass is 10.1. The summed E-state index contributed by atoms with van der Waals surface area (Å²) in [5.41, 5.74) is 3.71. The molecule has 0 spiro atoms. The molecule has 78 valence electrons. The van der Waals surface area contributed by atoms with Crippen LogP contribution in [0.3, 0.4) is 0 Å². The summed E-state index contributed by atoms with van der Waals surface area (Å²) in [4.78, 5) is 5.34. The Kier molecular flexibility index (Phi) is 4.43. The van der Waals surface area contributed by atoms with E-state index in [0.717, 1.165) is 5.69 Å². The van der Waals surface area contributed by atoms with Gasteiger partial charge in [0.2, 0.25) is 0 Å². The standard InChI is InChI=1S/C11H17NO2/c1-9(2)11(8-13)14-12-10-6-4-3-5-7-10/h3-7,9,11-13H,8H2,1-2H3/t11-/m1/s1. The Morgan fingerprint density at radius 1 is 1.29 bits per heavy atom. The van der Waals surface area contributed by atoms with Crippen LogP contribution in [0.2, 0.25) is 0 Å². The molecule has 1 aromatic rings. The summed E-state index contributed by atoms with van der Waals surface area (Å²) in [6, 6.07) is 9.62. The minimum atomic E-state index is -0.171. The van der Waals surface area contributed by atoms with E-state index in [0.29, 0.717) is 0 Å². The molecule has 2 N–H and O–H groups in total. The van der Waals surface area contributed by atoms with Crippen LogP contribution in [0.25, 0.3) is 0 Å². The van der Waals surface area contributed by atoms with Crippen LogP contribution in [0.5, 0.6) is 0 Å². The summed E-state index contributed by atoms with van der Waals surface area (Å²) in [6.45, 7) is 4.04. The maximum atomic E-state index is 9.01. The monoisotopic (exact) mass is 195 g/mol. The van der Waals surface area contributed by atoms with E-state index in [9.17, 15) is 0 Å². The van der Waals surface area contributed by atoms with Gasteiger partial charge >= 0.3 is 0 Å². The van der Waals surface area contributed by atoms with Gasteiger partial charge in [0.1, 0.15) is 6.10 Å². The summed E-state index contributed by atoms with van der Waals surface area (Å²) in [7, 11) is 0. The number of hydrogen-bond acceptors (Lipinski definition) is 3. The Bertz CT molecular complexity index is 249. The maximum Gasteiger partial charge on any atom is 0.111 e. The molecule has 0 amide bonds. The van der Waals surface area contributed by atoms with Crippen LogP contribution < -0.4 is 5.48 Å². The largest absolute Gasteiger partial charge is 0.394 e. The van der Waals surface area contributed by atoms with E-state index in [1.807, 2.05) is 44.2 Å². The van der Waals surface area contributed by atoms with Gasteiger partial charge in [-0.25, -0.2) is 0 Å². The number of aliphatic hydroxyl groups is 1. The highest BCUT2D eigenvalue weighted by Crippen LogP contribution is 2.09. The molecule has 3 nitrogen and oxygen atoms in total. The van der Waals surface area contributed by atoms with Crippen molar-refractivity contribution in [1.29, 1.82) is 0 Å². The van der Waals surface area contributed by atoms with Crippen LogP contribution in [0.15, 0.2) is 30.3 Å². The van der Waals surface area contributed by atoms with Crippen molar-refractivity contribution in [3.63, 3.8) is 0 Å². The first kappa shape index (κ1) is 11.0. The molecular weight excluding hydrogens is 178 g/mol. The van der Waals surface area contributed by atoms with Crippen LogP contribution in [0.1, 0.15) is 13.8 Å². The molecule has 0 saturated heterocycles. The second-order valence-corrected chi connectivity index (χ2v) is 3.55. The molecule has 0 aromatic heterocycles. The van der Waals surface area contributed by atoms with E-state index in [4.69, 9.17) is 9.94 Å². The smallest absolute Gasteiger partial charge is 0.111 e. The van der Waals surface area contributed by atoms with E-state index in [1.54, 1.807) is 0 Å². The van der Waals surface area contributed by atoms with Crippen molar-refractivity contribution in [1.82, 2.24) is 0 Å². The second-order valence-electron chi connectivity index (χ2n) is 3.55. The third kappa shape index (κ3) is 3.36. The molecule has 0 aliphatic rings. The Labute approximate surface area is 84.7 Å². The highest BCUT2D eigenvalue weighted by molar-refractivity contribution is 5.40. The lowest BCUT2D eigenvalue weighted by Crippen LogP contribution is -2.26. The van der Waals surface area contributed by atoms with E-state index < -0.39 is 0 Å². The molecule has 1 rings (SSSR count). The van der Waals surface area contributed by atoms with E-state index in [1.165, 1.54) is 0 Å². The summed E-state index contributed by atoms with van der Waals surface area (Å²) in [5, 5.41) is 9.01. The molecule has 0 bridgehead atoms. The quantitative estimate of drug-likeness (QED) is 0.706. The Balaban J connectivity index is 2.40. The lowest BCUT2D eigenvalue weighted by Gasteiger charge is -2.19. The average molecular weight is 195 g/mol. The normalized spacial score (nSPS) is 12.9. The van der Waals surface area contributed by atoms with Crippen molar-refractivity contribution in [2.75, 3.05) is 12.1 Å². The number of hydrogen-bond donors (Lipinski definition) is 2. The van der Waals surface area contributed by atoms with Crippen LogP contribution in [0.4, 0.5) is 5.69 Å². The van der Waals surface area contributed by atoms with Gasteiger partial charge in [-0.1, -0.05) is 32.0 Å². The number of aliphatic hydroxyl groups excluding tert-OH is 1. The molecule has 0 unspecified atom stereocenters.